The van der Waals surface area contributed by atoms with Crippen LogP contribution in [0.25, 0.3) is 0 Å². The minimum Gasteiger partial charge on any atom is -0.394 e. The third-order valence-corrected chi connectivity index (χ3v) is 3.14. The lowest BCUT2D eigenvalue weighted by molar-refractivity contribution is -0.121. The van der Waals surface area contributed by atoms with E-state index in [0.29, 0.717) is 6.42 Å². The average molecular weight is 227 g/mol. The summed E-state index contributed by atoms with van der Waals surface area (Å²) in [5, 5.41) is 13.8. The maximum Gasteiger partial charge on any atom is 0.225 e. The molecule has 0 saturated heterocycles. The molecule has 1 atom stereocenters. The van der Waals surface area contributed by atoms with Gasteiger partial charge in [0.15, 0.2) is 0 Å². The van der Waals surface area contributed by atoms with Gasteiger partial charge in [0.05, 0.1) is 19.1 Å². The fourth-order valence-corrected chi connectivity index (χ4v) is 1.96. The zero-order chi connectivity index (χ0) is 11.3. The summed E-state index contributed by atoms with van der Waals surface area (Å²) in [5.41, 5.74) is 0. The average Bonchev–Trinajstić information content (AvgIpc) is 2.66. The number of aliphatic hydroxyl groups is 1. The Bertz CT molecular complexity index is 296. The maximum atomic E-state index is 11.6. The van der Waals surface area contributed by atoms with E-state index in [4.69, 9.17) is 5.11 Å². The largest absolute Gasteiger partial charge is 0.394 e. The molecule has 2 N–H and O–H groups in total. The van der Waals surface area contributed by atoms with Crippen LogP contribution in [0.15, 0.2) is 17.5 Å². The molecule has 0 aromatic carbocycles. The van der Waals surface area contributed by atoms with Crippen LogP contribution in [0.4, 0.5) is 0 Å². The number of amides is 1. The molecule has 1 heterocycles. The molecule has 0 fully saturated rings. The first-order valence-electron chi connectivity index (χ1n) is 5.06. The van der Waals surface area contributed by atoms with E-state index in [-0.39, 0.29) is 24.5 Å². The van der Waals surface area contributed by atoms with Crippen molar-refractivity contribution in [1.82, 2.24) is 5.32 Å². The summed E-state index contributed by atoms with van der Waals surface area (Å²) in [4.78, 5) is 12.6. The Morgan fingerprint density at radius 3 is 2.80 bits per heavy atom. The second kappa shape index (κ2) is 5.88. The number of carbonyl (C=O) groups excluding carboxylic acids is 1. The number of aliphatic hydroxyl groups excluding tert-OH is 1. The summed E-state index contributed by atoms with van der Waals surface area (Å²) >= 11 is 1.57. The van der Waals surface area contributed by atoms with Gasteiger partial charge in [-0.3, -0.25) is 4.79 Å². The summed E-state index contributed by atoms with van der Waals surface area (Å²) in [6, 6.07) is 3.73. The van der Waals surface area contributed by atoms with Crippen molar-refractivity contribution in [3.05, 3.63) is 22.4 Å². The summed E-state index contributed by atoms with van der Waals surface area (Å²) in [7, 11) is 0. The van der Waals surface area contributed by atoms with Crippen molar-refractivity contribution in [1.29, 1.82) is 0 Å². The second-order valence-corrected chi connectivity index (χ2v) is 4.89. The lowest BCUT2D eigenvalue weighted by Crippen LogP contribution is -2.41. The van der Waals surface area contributed by atoms with Gasteiger partial charge >= 0.3 is 0 Å². The lowest BCUT2D eigenvalue weighted by Gasteiger charge is -2.19. The van der Waals surface area contributed by atoms with Crippen molar-refractivity contribution >= 4 is 17.2 Å². The number of thiophene rings is 1. The van der Waals surface area contributed by atoms with Crippen LogP contribution in [0.1, 0.15) is 18.7 Å². The van der Waals surface area contributed by atoms with Crippen LogP contribution in [0.2, 0.25) is 0 Å². The van der Waals surface area contributed by atoms with Crippen molar-refractivity contribution in [2.75, 3.05) is 6.61 Å². The predicted octanol–water partition coefficient (Wildman–Crippen LogP) is 1.42. The molecule has 0 aliphatic carbocycles. The second-order valence-electron chi connectivity index (χ2n) is 3.86. The first-order chi connectivity index (χ1) is 7.13. The van der Waals surface area contributed by atoms with Crippen molar-refractivity contribution in [2.45, 2.75) is 26.3 Å². The van der Waals surface area contributed by atoms with Crippen molar-refractivity contribution in [2.24, 2.45) is 5.92 Å². The van der Waals surface area contributed by atoms with Gasteiger partial charge in [-0.15, -0.1) is 11.3 Å². The topological polar surface area (TPSA) is 49.3 Å². The molecular formula is C11H17NO2S. The number of hydrogen-bond donors (Lipinski definition) is 2. The zero-order valence-corrected chi connectivity index (χ0v) is 9.88. The first kappa shape index (κ1) is 12.2. The van der Waals surface area contributed by atoms with Gasteiger partial charge in [0.2, 0.25) is 5.91 Å². The van der Waals surface area contributed by atoms with Crippen molar-refractivity contribution in [3.63, 3.8) is 0 Å². The highest BCUT2D eigenvalue weighted by Gasteiger charge is 2.15. The highest BCUT2D eigenvalue weighted by atomic mass is 32.1. The standard InChI is InChI=1S/C11H17NO2S/c1-8(2)10(7-13)12-11(14)6-9-4-3-5-15-9/h3-5,8,10,13H,6-7H2,1-2H3,(H,12,14). The molecule has 1 unspecified atom stereocenters. The zero-order valence-electron chi connectivity index (χ0n) is 9.06. The number of rotatable bonds is 5. The van der Waals surface area contributed by atoms with E-state index in [2.05, 4.69) is 5.32 Å². The Labute approximate surface area is 94.1 Å². The van der Waals surface area contributed by atoms with Crippen molar-refractivity contribution in [3.8, 4) is 0 Å². The van der Waals surface area contributed by atoms with Gasteiger partial charge in [-0.2, -0.15) is 0 Å². The first-order valence-corrected chi connectivity index (χ1v) is 5.94. The third-order valence-electron chi connectivity index (χ3n) is 2.26. The third kappa shape index (κ3) is 4.01. The van der Waals surface area contributed by atoms with Crippen LogP contribution in [0.5, 0.6) is 0 Å². The fourth-order valence-electron chi connectivity index (χ4n) is 1.25. The van der Waals surface area contributed by atoms with Crippen molar-refractivity contribution < 1.29 is 9.90 Å². The van der Waals surface area contributed by atoms with Crippen LogP contribution in [0.3, 0.4) is 0 Å². The van der Waals surface area contributed by atoms with E-state index in [9.17, 15) is 4.79 Å². The van der Waals surface area contributed by atoms with Gasteiger partial charge in [-0.05, 0) is 17.4 Å². The number of carbonyl (C=O) groups is 1. The van der Waals surface area contributed by atoms with Crippen LogP contribution in [-0.2, 0) is 11.2 Å². The van der Waals surface area contributed by atoms with E-state index >= 15 is 0 Å². The van der Waals surface area contributed by atoms with Crippen LogP contribution >= 0.6 is 11.3 Å². The minimum absolute atomic E-state index is 0.00610. The van der Waals surface area contributed by atoms with Gasteiger partial charge in [-0.1, -0.05) is 19.9 Å². The normalized spacial score (nSPS) is 12.8. The maximum absolute atomic E-state index is 11.6. The molecule has 84 valence electrons. The van der Waals surface area contributed by atoms with Gasteiger partial charge in [0.25, 0.3) is 0 Å². The Hall–Kier alpha value is -0.870. The summed E-state index contributed by atoms with van der Waals surface area (Å²) < 4.78 is 0. The molecule has 1 amide bonds. The molecule has 0 bridgehead atoms. The molecule has 1 aromatic heterocycles. The Morgan fingerprint density at radius 2 is 2.33 bits per heavy atom. The quantitative estimate of drug-likeness (QED) is 0.799. The molecule has 0 aliphatic rings. The van der Waals surface area contributed by atoms with Crippen LogP contribution < -0.4 is 5.32 Å². The Kier molecular flexibility index (Phi) is 4.78. The fraction of sp³-hybridized carbons (Fsp3) is 0.545. The Morgan fingerprint density at radius 1 is 1.60 bits per heavy atom. The molecule has 1 rings (SSSR count). The van der Waals surface area contributed by atoms with E-state index in [1.54, 1.807) is 11.3 Å². The number of hydrogen-bond acceptors (Lipinski definition) is 3. The SMILES string of the molecule is CC(C)C(CO)NC(=O)Cc1cccs1. The Balaban J connectivity index is 2.41. The van der Waals surface area contributed by atoms with Gasteiger partial charge in [-0.25, -0.2) is 0 Å². The molecule has 1 aromatic rings. The van der Waals surface area contributed by atoms with E-state index in [1.165, 1.54) is 0 Å². The molecule has 15 heavy (non-hydrogen) atoms. The summed E-state index contributed by atoms with van der Waals surface area (Å²) in [5.74, 6) is 0.229. The lowest BCUT2D eigenvalue weighted by atomic mass is 10.1. The van der Waals surface area contributed by atoms with Crippen LogP contribution in [0, 0.1) is 5.92 Å². The van der Waals surface area contributed by atoms with Gasteiger partial charge < -0.3 is 10.4 Å². The van der Waals surface area contributed by atoms with E-state index in [1.807, 2.05) is 31.4 Å². The molecule has 0 spiro atoms. The highest BCUT2D eigenvalue weighted by Crippen LogP contribution is 2.09. The van der Waals surface area contributed by atoms with Gasteiger partial charge in [0, 0.05) is 4.88 Å². The summed E-state index contributed by atoms with van der Waals surface area (Å²) in [6.07, 6.45) is 0.404. The van der Waals surface area contributed by atoms with E-state index in [0.717, 1.165) is 4.88 Å². The highest BCUT2D eigenvalue weighted by molar-refractivity contribution is 7.10. The number of nitrogens with one attached hydrogen (secondary N) is 1. The smallest absolute Gasteiger partial charge is 0.225 e. The monoisotopic (exact) mass is 227 g/mol. The van der Waals surface area contributed by atoms with E-state index < -0.39 is 0 Å². The van der Waals surface area contributed by atoms with Crippen LogP contribution in [-0.4, -0.2) is 23.7 Å². The summed E-state index contributed by atoms with van der Waals surface area (Å²) in [6.45, 7) is 3.95. The molecule has 0 saturated carbocycles. The minimum atomic E-state index is -0.141. The van der Waals surface area contributed by atoms with Gasteiger partial charge in [0.1, 0.15) is 0 Å². The molecular weight excluding hydrogens is 210 g/mol. The molecule has 0 aliphatic heterocycles. The predicted molar refractivity (Wildman–Crippen MR) is 61.9 cm³/mol. The molecule has 4 heteroatoms. The molecule has 0 radical (unpaired) electrons. The molecule has 3 nitrogen and oxygen atoms in total.